The second-order valence-electron chi connectivity index (χ2n) is 5.97. The summed E-state index contributed by atoms with van der Waals surface area (Å²) in [6.07, 6.45) is 0. The third-order valence-corrected chi connectivity index (χ3v) is 7.89. The Kier molecular flexibility index (Phi) is 4.45. The normalized spacial score (nSPS) is 24.5. The first kappa shape index (κ1) is 15.3. The molecule has 120 valence electrons. The number of rotatable bonds is 4. The van der Waals surface area contributed by atoms with Gasteiger partial charge in [-0.1, -0.05) is 30.3 Å². The van der Waals surface area contributed by atoms with Crippen molar-refractivity contribution in [3.8, 4) is 5.75 Å². The minimum absolute atomic E-state index is 0.586. The van der Waals surface area contributed by atoms with Crippen LogP contribution in [0.25, 0.3) is 0 Å². The second-order valence-corrected chi connectivity index (χ2v) is 8.77. The summed E-state index contributed by atoms with van der Waals surface area (Å²) in [5.41, 5.74) is 2.80. The molecule has 2 aliphatic rings. The van der Waals surface area contributed by atoms with Crippen LogP contribution < -0.4 is 9.64 Å². The molecule has 2 fully saturated rings. The summed E-state index contributed by atoms with van der Waals surface area (Å²) in [7, 11) is 1.72. The van der Waals surface area contributed by atoms with Gasteiger partial charge >= 0.3 is 0 Å². The average molecular weight is 344 g/mol. The van der Waals surface area contributed by atoms with Crippen LogP contribution in [0, 0.1) is 0 Å². The molecule has 0 N–H and O–H groups in total. The van der Waals surface area contributed by atoms with Crippen molar-refractivity contribution in [1.29, 1.82) is 0 Å². The predicted molar refractivity (Wildman–Crippen MR) is 102 cm³/mol. The molecule has 0 aliphatic carbocycles. The Morgan fingerprint density at radius 2 is 1.65 bits per heavy atom. The Bertz CT molecular complexity index is 640. The van der Waals surface area contributed by atoms with Gasteiger partial charge in [0, 0.05) is 29.7 Å². The van der Waals surface area contributed by atoms with Crippen LogP contribution in [0.1, 0.15) is 11.5 Å². The standard InChI is InChI=1S/C19H21NOS2/c1-21-16-9-7-15(8-10-16)20-13-17(14-5-3-2-4-6-14)18(20)19-22-11-12-23-19/h2-10,17-19H,11-13H2,1H3/t17-,18+/m1/s1. The van der Waals surface area contributed by atoms with Crippen molar-refractivity contribution in [2.45, 2.75) is 16.5 Å². The molecule has 2 aromatic carbocycles. The lowest BCUT2D eigenvalue weighted by atomic mass is 9.83. The van der Waals surface area contributed by atoms with Crippen LogP contribution >= 0.6 is 23.5 Å². The number of ether oxygens (including phenoxy) is 1. The van der Waals surface area contributed by atoms with E-state index in [0.29, 0.717) is 16.5 Å². The summed E-state index contributed by atoms with van der Waals surface area (Å²) < 4.78 is 5.97. The van der Waals surface area contributed by atoms with Gasteiger partial charge in [0.1, 0.15) is 5.75 Å². The number of anilines is 1. The summed E-state index contributed by atoms with van der Waals surface area (Å²) in [6.45, 7) is 1.11. The van der Waals surface area contributed by atoms with E-state index in [9.17, 15) is 0 Å². The molecule has 23 heavy (non-hydrogen) atoms. The molecule has 2 aromatic rings. The smallest absolute Gasteiger partial charge is 0.119 e. The minimum Gasteiger partial charge on any atom is -0.497 e. The summed E-state index contributed by atoms with van der Waals surface area (Å²) >= 11 is 4.25. The maximum atomic E-state index is 5.29. The monoisotopic (exact) mass is 343 g/mol. The van der Waals surface area contributed by atoms with Crippen LogP contribution in [0.4, 0.5) is 5.69 Å². The number of methoxy groups -OCH3 is 1. The van der Waals surface area contributed by atoms with Crippen LogP contribution in [0.5, 0.6) is 5.75 Å². The summed E-state index contributed by atoms with van der Waals surface area (Å²) in [5, 5.41) is 0. The second kappa shape index (κ2) is 6.70. The van der Waals surface area contributed by atoms with Crippen molar-refractivity contribution >= 4 is 29.2 Å². The molecule has 2 saturated heterocycles. The van der Waals surface area contributed by atoms with E-state index in [1.807, 2.05) is 0 Å². The summed E-state index contributed by atoms with van der Waals surface area (Å²) in [4.78, 5) is 2.58. The molecule has 2 aliphatic heterocycles. The minimum atomic E-state index is 0.586. The number of thioether (sulfide) groups is 2. The van der Waals surface area contributed by atoms with Crippen LogP contribution in [0.15, 0.2) is 54.6 Å². The zero-order valence-electron chi connectivity index (χ0n) is 13.2. The topological polar surface area (TPSA) is 12.5 Å². The molecule has 2 nitrogen and oxygen atoms in total. The molecule has 2 atom stereocenters. The molecule has 0 bridgehead atoms. The molecular formula is C19H21NOS2. The molecule has 0 unspecified atom stereocenters. The van der Waals surface area contributed by atoms with Crippen molar-refractivity contribution in [1.82, 2.24) is 0 Å². The molecular weight excluding hydrogens is 322 g/mol. The van der Waals surface area contributed by atoms with Gasteiger partial charge in [0.2, 0.25) is 0 Å². The first-order valence-corrected chi connectivity index (χ1v) is 10.2. The van der Waals surface area contributed by atoms with Gasteiger partial charge in [-0.05, 0) is 29.8 Å². The molecule has 0 aromatic heterocycles. The van der Waals surface area contributed by atoms with Crippen molar-refractivity contribution in [3.63, 3.8) is 0 Å². The average Bonchev–Trinajstić information content (AvgIpc) is 3.09. The fraction of sp³-hybridized carbons (Fsp3) is 0.368. The highest BCUT2D eigenvalue weighted by Gasteiger charge is 2.46. The molecule has 0 radical (unpaired) electrons. The van der Waals surface area contributed by atoms with E-state index >= 15 is 0 Å². The van der Waals surface area contributed by atoms with E-state index in [4.69, 9.17) is 4.74 Å². The van der Waals surface area contributed by atoms with Crippen molar-refractivity contribution in [2.24, 2.45) is 0 Å². The van der Waals surface area contributed by atoms with Gasteiger partial charge in [-0.2, -0.15) is 0 Å². The lowest BCUT2D eigenvalue weighted by molar-refractivity contribution is 0.401. The van der Waals surface area contributed by atoms with Gasteiger partial charge in [-0.15, -0.1) is 23.5 Å². The third kappa shape index (κ3) is 2.94. The van der Waals surface area contributed by atoms with Crippen LogP contribution in [-0.4, -0.2) is 35.8 Å². The van der Waals surface area contributed by atoms with Crippen molar-refractivity contribution in [2.75, 3.05) is 30.1 Å². The molecule has 0 spiro atoms. The van der Waals surface area contributed by atoms with Crippen LogP contribution in [0.3, 0.4) is 0 Å². The quantitative estimate of drug-likeness (QED) is 0.811. The van der Waals surface area contributed by atoms with Gasteiger partial charge in [0.15, 0.2) is 0 Å². The Labute approximate surface area is 146 Å². The highest BCUT2D eigenvalue weighted by Crippen LogP contribution is 2.48. The summed E-state index contributed by atoms with van der Waals surface area (Å²) in [6, 6.07) is 20.1. The molecule has 0 amide bonds. The van der Waals surface area contributed by atoms with E-state index < -0.39 is 0 Å². The largest absolute Gasteiger partial charge is 0.497 e. The van der Waals surface area contributed by atoms with Crippen LogP contribution in [-0.2, 0) is 0 Å². The van der Waals surface area contributed by atoms with Gasteiger partial charge in [-0.3, -0.25) is 0 Å². The maximum Gasteiger partial charge on any atom is 0.119 e. The summed E-state index contributed by atoms with van der Waals surface area (Å²) in [5.74, 6) is 4.13. The molecule has 4 rings (SSSR count). The van der Waals surface area contributed by atoms with E-state index in [1.165, 1.54) is 22.8 Å². The fourth-order valence-corrected chi connectivity index (χ4v) is 6.75. The fourth-order valence-electron chi connectivity index (χ4n) is 3.49. The van der Waals surface area contributed by atoms with Crippen molar-refractivity contribution < 1.29 is 4.74 Å². The predicted octanol–water partition coefficient (Wildman–Crippen LogP) is 4.47. The Balaban J connectivity index is 1.59. The zero-order chi connectivity index (χ0) is 15.6. The molecule has 4 heteroatoms. The zero-order valence-corrected chi connectivity index (χ0v) is 14.9. The number of hydrogen-bond acceptors (Lipinski definition) is 4. The van der Waals surface area contributed by atoms with E-state index in [-0.39, 0.29) is 0 Å². The number of benzene rings is 2. The first-order valence-electron chi connectivity index (χ1n) is 8.05. The van der Waals surface area contributed by atoms with E-state index in [2.05, 4.69) is 83.0 Å². The lowest BCUT2D eigenvalue weighted by Gasteiger charge is -2.52. The Morgan fingerprint density at radius 1 is 0.957 bits per heavy atom. The maximum absolute atomic E-state index is 5.29. The Hall–Kier alpha value is -1.26. The van der Waals surface area contributed by atoms with Gasteiger partial charge in [0.05, 0.1) is 17.7 Å². The van der Waals surface area contributed by atoms with Gasteiger partial charge in [-0.25, -0.2) is 0 Å². The highest BCUT2D eigenvalue weighted by molar-refractivity contribution is 8.20. The third-order valence-electron chi connectivity index (χ3n) is 4.72. The van der Waals surface area contributed by atoms with E-state index in [1.54, 1.807) is 7.11 Å². The van der Waals surface area contributed by atoms with E-state index in [0.717, 1.165) is 12.3 Å². The molecule has 2 heterocycles. The number of nitrogens with zero attached hydrogens (tertiary/aromatic N) is 1. The lowest BCUT2D eigenvalue weighted by Crippen LogP contribution is -2.58. The SMILES string of the molecule is COc1ccc(N2C[C@H](c3ccccc3)[C@H]2C2SCCS2)cc1. The first-order chi connectivity index (χ1) is 11.4. The molecule has 0 saturated carbocycles. The Morgan fingerprint density at radius 3 is 2.30 bits per heavy atom. The number of hydrogen-bond donors (Lipinski definition) is 0. The van der Waals surface area contributed by atoms with Crippen LogP contribution in [0.2, 0.25) is 0 Å². The van der Waals surface area contributed by atoms with Gasteiger partial charge in [0.25, 0.3) is 0 Å². The van der Waals surface area contributed by atoms with Crippen molar-refractivity contribution in [3.05, 3.63) is 60.2 Å². The van der Waals surface area contributed by atoms with Gasteiger partial charge < -0.3 is 9.64 Å². The highest BCUT2D eigenvalue weighted by atomic mass is 32.2.